The normalized spacial score (nSPS) is 10.4. The molecular formula is C17H20N2O2. The molecule has 0 aliphatic heterocycles. The highest BCUT2D eigenvalue weighted by atomic mass is 16.5. The van der Waals surface area contributed by atoms with Gasteiger partial charge in [-0.3, -0.25) is 9.78 Å². The lowest BCUT2D eigenvalue weighted by Crippen LogP contribution is -2.09. The third kappa shape index (κ3) is 4.13. The van der Waals surface area contributed by atoms with Gasteiger partial charge in [-0.25, -0.2) is 0 Å². The number of benzene rings is 1. The lowest BCUT2D eigenvalue weighted by molar-refractivity contribution is 0.0992. The number of aromatic nitrogens is 1. The molecular weight excluding hydrogens is 264 g/mol. The molecule has 0 atom stereocenters. The minimum Gasteiger partial charge on any atom is -0.492 e. The Morgan fingerprint density at radius 2 is 2.00 bits per heavy atom. The molecule has 4 heteroatoms. The van der Waals surface area contributed by atoms with E-state index in [1.807, 2.05) is 31.2 Å². The molecule has 0 bridgehead atoms. The smallest absolute Gasteiger partial charge is 0.168 e. The van der Waals surface area contributed by atoms with Crippen molar-refractivity contribution in [3.8, 4) is 5.75 Å². The largest absolute Gasteiger partial charge is 0.492 e. The Morgan fingerprint density at radius 3 is 2.71 bits per heavy atom. The zero-order valence-electron chi connectivity index (χ0n) is 12.2. The van der Waals surface area contributed by atoms with Crippen LogP contribution in [-0.4, -0.2) is 17.4 Å². The summed E-state index contributed by atoms with van der Waals surface area (Å²) in [7, 11) is 0. The maximum Gasteiger partial charge on any atom is 0.168 e. The molecule has 0 radical (unpaired) electrons. The molecule has 0 fully saturated rings. The van der Waals surface area contributed by atoms with Gasteiger partial charge >= 0.3 is 0 Å². The van der Waals surface area contributed by atoms with Crippen LogP contribution in [0, 0.1) is 0 Å². The van der Waals surface area contributed by atoms with E-state index in [-0.39, 0.29) is 5.78 Å². The first kappa shape index (κ1) is 15.2. The fourth-order valence-electron chi connectivity index (χ4n) is 2.07. The molecule has 110 valence electrons. The summed E-state index contributed by atoms with van der Waals surface area (Å²) in [6.45, 7) is 3.09. The van der Waals surface area contributed by atoms with Crippen LogP contribution < -0.4 is 10.5 Å². The number of nitrogens with zero attached hydrogens (tertiary/aromatic N) is 1. The number of rotatable bonds is 7. The minimum absolute atomic E-state index is 0.0188. The van der Waals surface area contributed by atoms with Crippen LogP contribution >= 0.6 is 0 Å². The number of carbonyl (C=O) groups is 1. The summed E-state index contributed by atoms with van der Waals surface area (Å²) < 4.78 is 5.51. The molecule has 1 aromatic heterocycles. The second-order valence-electron chi connectivity index (χ2n) is 4.83. The summed E-state index contributed by atoms with van der Waals surface area (Å²) in [6.07, 6.45) is 4.45. The van der Waals surface area contributed by atoms with E-state index in [9.17, 15) is 4.79 Å². The van der Waals surface area contributed by atoms with Gasteiger partial charge in [0.2, 0.25) is 0 Å². The van der Waals surface area contributed by atoms with Crippen molar-refractivity contribution in [2.45, 2.75) is 26.3 Å². The van der Waals surface area contributed by atoms with Crippen molar-refractivity contribution in [2.75, 3.05) is 6.61 Å². The van der Waals surface area contributed by atoms with Crippen LogP contribution in [0.15, 0.2) is 42.7 Å². The summed E-state index contributed by atoms with van der Waals surface area (Å²) in [5.74, 6) is 0.653. The zero-order valence-corrected chi connectivity index (χ0v) is 12.2. The molecule has 0 amide bonds. The highest BCUT2D eigenvalue weighted by Crippen LogP contribution is 2.16. The minimum atomic E-state index is 0.0188. The van der Waals surface area contributed by atoms with Crippen molar-refractivity contribution in [1.29, 1.82) is 0 Å². The lowest BCUT2D eigenvalue weighted by atomic mass is 9.99. The Bertz CT molecular complexity index is 611. The van der Waals surface area contributed by atoms with Gasteiger partial charge in [0.05, 0.1) is 12.8 Å². The van der Waals surface area contributed by atoms with Crippen molar-refractivity contribution in [3.05, 3.63) is 59.4 Å². The molecule has 0 unspecified atom stereocenters. The summed E-state index contributed by atoms with van der Waals surface area (Å²) in [5, 5.41) is 0. The van der Waals surface area contributed by atoms with Crippen molar-refractivity contribution >= 4 is 5.78 Å². The van der Waals surface area contributed by atoms with E-state index in [1.165, 1.54) is 0 Å². The van der Waals surface area contributed by atoms with Crippen LogP contribution in [0.1, 0.15) is 34.8 Å². The fraction of sp³-hybridized carbons (Fsp3) is 0.294. The van der Waals surface area contributed by atoms with E-state index in [4.69, 9.17) is 10.5 Å². The van der Waals surface area contributed by atoms with Crippen molar-refractivity contribution in [1.82, 2.24) is 4.98 Å². The third-order valence-electron chi connectivity index (χ3n) is 3.20. The first-order valence-corrected chi connectivity index (χ1v) is 7.12. The van der Waals surface area contributed by atoms with Crippen LogP contribution in [0.2, 0.25) is 0 Å². The van der Waals surface area contributed by atoms with Crippen molar-refractivity contribution < 1.29 is 9.53 Å². The Morgan fingerprint density at radius 1 is 1.24 bits per heavy atom. The number of carbonyl (C=O) groups excluding carboxylic acids is 1. The van der Waals surface area contributed by atoms with Crippen LogP contribution in [0.5, 0.6) is 5.75 Å². The SMILES string of the molecule is CCCOc1cncc(C(=O)Cc2ccccc2CN)c1. The first-order chi connectivity index (χ1) is 10.2. The van der Waals surface area contributed by atoms with Gasteiger partial charge in [-0.1, -0.05) is 31.2 Å². The van der Waals surface area contributed by atoms with Crippen LogP contribution in [0.4, 0.5) is 0 Å². The zero-order chi connectivity index (χ0) is 15.1. The van der Waals surface area contributed by atoms with Crippen LogP contribution in [-0.2, 0) is 13.0 Å². The summed E-state index contributed by atoms with van der Waals surface area (Å²) in [5.41, 5.74) is 8.23. The van der Waals surface area contributed by atoms with E-state index in [1.54, 1.807) is 18.5 Å². The average molecular weight is 284 g/mol. The Hall–Kier alpha value is -2.20. The molecule has 0 saturated carbocycles. The molecule has 1 aromatic carbocycles. The lowest BCUT2D eigenvalue weighted by Gasteiger charge is -2.08. The Balaban J connectivity index is 2.13. The molecule has 2 rings (SSSR count). The maximum absolute atomic E-state index is 12.4. The number of hydrogen-bond acceptors (Lipinski definition) is 4. The van der Waals surface area contributed by atoms with E-state index in [0.29, 0.717) is 30.9 Å². The number of Topliss-reactive ketones (excluding diaryl/α,β-unsaturated/α-hetero) is 1. The molecule has 1 heterocycles. The summed E-state index contributed by atoms with van der Waals surface area (Å²) in [4.78, 5) is 16.4. The highest BCUT2D eigenvalue weighted by Gasteiger charge is 2.11. The fourth-order valence-corrected chi connectivity index (χ4v) is 2.07. The summed E-state index contributed by atoms with van der Waals surface area (Å²) in [6, 6.07) is 9.47. The molecule has 4 nitrogen and oxygen atoms in total. The Kier molecular flexibility index (Phi) is 5.46. The van der Waals surface area contributed by atoms with E-state index >= 15 is 0 Å². The van der Waals surface area contributed by atoms with E-state index in [0.717, 1.165) is 17.5 Å². The summed E-state index contributed by atoms with van der Waals surface area (Å²) >= 11 is 0. The van der Waals surface area contributed by atoms with Gasteiger partial charge < -0.3 is 10.5 Å². The van der Waals surface area contributed by atoms with E-state index in [2.05, 4.69) is 4.98 Å². The number of hydrogen-bond donors (Lipinski definition) is 1. The number of pyridine rings is 1. The maximum atomic E-state index is 12.4. The predicted octanol–water partition coefficient (Wildman–Crippen LogP) is 2.75. The van der Waals surface area contributed by atoms with Gasteiger partial charge in [-0.2, -0.15) is 0 Å². The molecule has 0 saturated heterocycles. The second kappa shape index (κ2) is 7.55. The van der Waals surface area contributed by atoms with Gasteiger partial charge in [0, 0.05) is 24.7 Å². The standard InChI is InChI=1S/C17H20N2O2/c1-2-7-21-16-8-15(11-19-12-16)17(20)9-13-5-3-4-6-14(13)10-18/h3-6,8,11-12H,2,7,9-10,18H2,1H3. The Labute approximate surface area is 125 Å². The number of ether oxygens (including phenoxy) is 1. The van der Waals surface area contributed by atoms with Crippen LogP contribution in [0.3, 0.4) is 0 Å². The molecule has 0 spiro atoms. The quantitative estimate of drug-likeness (QED) is 0.794. The monoisotopic (exact) mass is 284 g/mol. The second-order valence-corrected chi connectivity index (χ2v) is 4.83. The first-order valence-electron chi connectivity index (χ1n) is 7.12. The van der Waals surface area contributed by atoms with Gasteiger partial charge in [-0.05, 0) is 23.6 Å². The predicted molar refractivity (Wildman–Crippen MR) is 82.4 cm³/mol. The molecule has 0 aliphatic rings. The number of ketones is 1. The molecule has 21 heavy (non-hydrogen) atoms. The van der Waals surface area contributed by atoms with Gasteiger partial charge in [0.25, 0.3) is 0 Å². The van der Waals surface area contributed by atoms with Crippen molar-refractivity contribution in [2.24, 2.45) is 5.73 Å². The van der Waals surface area contributed by atoms with Crippen LogP contribution in [0.25, 0.3) is 0 Å². The topological polar surface area (TPSA) is 65.2 Å². The van der Waals surface area contributed by atoms with Gasteiger partial charge in [-0.15, -0.1) is 0 Å². The highest BCUT2D eigenvalue weighted by molar-refractivity contribution is 5.97. The molecule has 0 aliphatic carbocycles. The molecule has 2 N–H and O–H groups in total. The van der Waals surface area contributed by atoms with Crippen molar-refractivity contribution in [3.63, 3.8) is 0 Å². The molecule has 2 aromatic rings. The average Bonchev–Trinajstić information content (AvgIpc) is 2.53. The van der Waals surface area contributed by atoms with Gasteiger partial charge in [0.1, 0.15) is 5.75 Å². The third-order valence-corrected chi connectivity index (χ3v) is 3.20. The number of nitrogens with two attached hydrogens (primary N) is 1. The van der Waals surface area contributed by atoms with E-state index < -0.39 is 0 Å². The van der Waals surface area contributed by atoms with Gasteiger partial charge in [0.15, 0.2) is 5.78 Å².